The Balaban J connectivity index is -0.000000409. The standard InChI is InChI=1S/C28H35N.C8H15N.C6H12.C4H8.C3H6.2C2H6/c1-5-6-11-24-14-10-15-25(23(24)4)18-19-29-28(26-12-8-7-9-13-26)27-17-16-21(2)20-22(27)3;1-4-6-8(3)9-7-5-2;1-4-5-6(2)3;1-3-4-2;1-3-2;2*1-2/h5-6,10-11,14-17,20,26H,1,7-9,12-13,18-19H2,2-4H3;5,7,9H,3-4,6H2,1-2H3;5H,4H2,1-3H3;3H,1,4H2,2H3;3H,1H2,2H3;2*1-2H3/b11-6-,29-28?;7-5-;;;;;. The number of benzene rings is 2. The molecule has 0 aromatic heterocycles. The van der Waals surface area contributed by atoms with Crippen LogP contribution in [-0.4, -0.2) is 12.3 Å². The second-order valence-corrected chi connectivity index (χ2v) is 13.2. The fraction of sp³-hybridized carbons (Fsp3) is 0.491. The van der Waals surface area contributed by atoms with E-state index in [4.69, 9.17) is 4.99 Å². The van der Waals surface area contributed by atoms with Gasteiger partial charge in [0.2, 0.25) is 0 Å². The third kappa shape index (κ3) is 32.1. The Labute approximate surface area is 344 Å². The molecule has 3 rings (SSSR count). The number of nitrogens with zero attached hydrogens (tertiary/aromatic N) is 1. The molecule has 0 bridgehead atoms. The first-order valence-electron chi connectivity index (χ1n) is 21.4. The van der Waals surface area contributed by atoms with Gasteiger partial charge in [-0.25, -0.2) is 0 Å². The van der Waals surface area contributed by atoms with Crippen molar-refractivity contribution in [2.45, 2.75) is 161 Å². The van der Waals surface area contributed by atoms with Crippen LogP contribution in [0.2, 0.25) is 0 Å². The van der Waals surface area contributed by atoms with E-state index in [-0.39, 0.29) is 0 Å². The monoisotopic (exact) mass is 753 g/mol. The summed E-state index contributed by atoms with van der Waals surface area (Å²) < 4.78 is 0. The molecule has 1 aliphatic rings. The van der Waals surface area contributed by atoms with Gasteiger partial charge < -0.3 is 5.32 Å². The Kier molecular flexibility index (Phi) is 45.0. The first-order chi connectivity index (χ1) is 26.5. The Bertz CT molecular complexity index is 1350. The molecule has 0 unspecified atom stereocenters. The summed E-state index contributed by atoms with van der Waals surface area (Å²) in [5, 5.41) is 3.06. The van der Waals surface area contributed by atoms with Gasteiger partial charge in [-0.15, -0.1) is 13.2 Å². The molecular formula is C53H88N2. The van der Waals surface area contributed by atoms with Gasteiger partial charge in [0.1, 0.15) is 0 Å². The molecule has 0 aliphatic heterocycles. The van der Waals surface area contributed by atoms with Crippen LogP contribution in [0.4, 0.5) is 0 Å². The zero-order valence-corrected chi connectivity index (χ0v) is 38.7. The van der Waals surface area contributed by atoms with Crippen molar-refractivity contribution in [3.63, 3.8) is 0 Å². The van der Waals surface area contributed by atoms with Gasteiger partial charge >= 0.3 is 0 Å². The Hall–Kier alpha value is -3.91. The molecule has 1 N–H and O–H groups in total. The SMILES string of the molecule is C=C(CCC)N/C=C\C.C=C/C=C\c1cccc(CCN=C(c2ccc(C)cc2C)C2CCCCC2)c1C.C=CC.C=CCC.CC.CC.CCC=C(C)C. The minimum atomic E-state index is 0.619. The van der Waals surface area contributed by atoms with Crippen LogP contribution in [0.1, 0.15) is 167 Å². The van der Waals surface area contributed by atoms with Crippen molar-refractivity contribution in [3.05, 3.63) is 150 Å². The zero-order chi connectivity index (χ0) is 42.9. The second-order valence-electron chi connectivity index (χ2n) is 13.2. The third-order valence-electron chi connectivity index (χ3n) is 8.12. The summed E-state index contributed by atoms with van der Waals surface area (Å²) in [4.78, 5) is 5.22. The number of hydrogen-bond donors (Lipinski definition) is 1. The number of allylic oxidation sites excluding steroid dienone is 8. The molecule has 2 heteroatoms. The molecule has 0 saturated heterocycles. The summed E-state index contributed by atoms with van der Waals surface area (Å²) >= 11 is 0. The van der Waals surface area contributed by atoms with E-state index >= 15 is 0 Å². The average molecular weight is 753 g/mol. The van der Waals surface area contributed by atoms with Gasteiger partial charge in [0.05, 0.1) is 0 Å². The predicted molar refractivity (Wildman–Crippen MR) is 259 cm³/mol. The smallest absolute Gasteiger partial charge is 0.0454 e. The second kappa shape index (κ2) is 42.8. The molecule has 0 heterocycles. The molecule has 2 nitrogen and oxygen atoms in total. The van der Waals surface area contributed by atoms with Crippen molar-refractivity contribution >= 4 is 11.8 Å². The molecule has 0 amide bonds. The molecule has 310 valence electrons. The summed E-state index contributed by atoms with van der Waals surface area (Å²) in [6, 6.07) is 13.4. The molecule has 0 atom stereocenters. The lowest BCUT2D eigenvalue weighted by atomic mass is 9.82. The molecule has 1 saturated carbocycles. The number of rotatable bonds is 13. The van der Waals surface area contributed by atoms with E-state index in [2.05, 4.69) is 136 Å². The summed E-state index contributed by atoms with van der Waals surface area (Å²) in [6.07, 6.45) is 27.7. The van der Waals surface area contributed by atoms with Gasteiger partial charge in [-0.2, -0.15) is 0 Å². The largest absolute Gasteiger partial charge is 0.366 e. The predicted octanol–water partition coefficient (Wildman–Crippen LogP) is 17.0. The maximum atomic E-state index is 5.22. The van der Waals surface area contributed by atoms with Gasteiger partial charge in [-0.05, 0) is 121 Å². The number of hydrogen-bond acceptors (Lipinski definition) is 2. The number of aryl methyl sites for hydroxylation is 2. The van der Waals surface area contributed by atoms with Crippen LogP contribution in [0.5, 0.6) is 0 Å². The summed E-state index contributed by atoms with van der Waals surface area (Å²) in [5.74, 6) is 0.619. The van der Waals surface area contributed by atoms with Crippen LogP contribution >= 0.6 is 0 Å². The third-order valence-corrected chi connectivity index (χ3v) is 8.12. The topological polar surface area (TPSA) is 24.4 Å². The summed E-state index contributed by atoms with van der Waals surface area (Å²) in [7, 11) is 0. The molecule has 0 spiro atoms. The van der Waals surface area contributed by atoms with Gasteiger partial charge in [0.15, 0.2) is 0 Å². The van der Waals surface area contributed by atoms with E-state index in [0.717, 1.165) is 37.9 Å². The van der Waals surface area contributed by atoms with E-state index < -0.39 is 0 Å². The molecule has 2 aromatic carbocycles. The van der Waals surface area contributed by atoms with Crippen LogP contribution in [0, 0.1) is 26.7 Å². The molecule has 1 fully saturated rings. The van der Waals surface area contributed by atoms with Gasteiger partial charge in [0, 0.05) is 23.9 Å². The molecule has 1 aliphatic carbocycles. The van der Waals surface area contributed by atoms with Gasteiger partial charge in [-0.3, -0.25) is 4.99 Å². The first kappa shape index (κ1) is 57.8. The van der Waals surface area contributed by atoms with E-state index in [1.165, 1.54) is 83.2 Å². The maximum absolute atomic E-state index is 5.22. The first-order valence-corrected chi connectivity index (χ1v) is 21.4. The van der Waals surface area contributed by atoms with Crippen molar-refractivity contribution in [3.8, 4) is 0 Å². The van der Waals surface area contributed by atoms with Crippen LogP contribution in [0.25, 0.3) is 6.08 Å². The summed E-state index contributed by atoms with van der Waals surface area (Å²) in [5.41, 5.74) is 11.9. The average Bonchev–Trinajstić information content (AvgIpc) is 3.19. The lowest BCUT2D eigenvalue weighted by molar-refractivity contribution is 0.439. The van der Waals surface area contributed by atoms with Crippen molar-refractivity contribution in [2.24, 2.45) is 10.9 Å². The van der Waals surface area contributed by atoms with Crippen molar-refractivity contribution in [2.75, 3.05) is 6.54 Å². The highest BCUT2D eigenvalue weighted by Gasteiger charge is 2.21. The Morgan fingerprint density at radius 2 is 1.47 bits per heavy atom. The zero-order valence-electron chi connectivity index (χ0n) is 38.7. The van der Waals surface area contributed by atoms with E-state index in [1.807, 2.05) is 72.0 Å². The molecular weight excluding hydrogens is 665 g/mol. The number of aliphatic imine (C=N–C) groups is 1. The molecule has 55 heavy (non-hydrogen) atoms. The minimum Gasteiger partial charge on any atom is -0.366 e. The Morgan fingerprint density at radius 1 is 0.873 bits per heavy atom. The highest BCUT2D eigenvalue weighted by Crippen LogP contribution is 2.29. The lowest BCUT2D eigenvalue weighted by Gasteiger charge is -2.25. The van der Waals surface area contributed by atoms with Crippen molar-refractivity contribution in [1.29, 1.82) is 0 Å². The molecule has 2 aromatic rings. The highest BCUT2D eigenvalue weighted by molar-refractivity contribution is 6.03. The Morgan fingerprint density at radius 3 is 1.93 bits per heavy atom. The van der Waals surface area contributed by atoms with Crippen molar-refractivity contribution in [1.82, 2.24) is 5.32 Å². The fourth-order valence-electron chi connectivity index (χ4n) is 5.52. The number of nitrogens with one attached hydrogen (secondary N) is 1. The minimum absolute atomic E-state index is 0.619. The maximum Gasteiger partial charge on any atom is 0.0454 e. The quantitative estimate of drug-likeness (QED) is 0.123. The van der Waals surface area contributed by atoms with E-state index in [1.54, 1.807) is 6.08 Å². The molecule has 0 radical (unpaired) electrons. The van der Waals surface area contributed by atoms with Gasteiger partial charge in [0.25, 0.3) is 0 Å². The highest BCUT2D eigenvalue weighted by atomic mass is 14.8. The van der Waals surface area contributed by atoms with E-state index in [9.17, 15) is 0 Å². The lowest BCUT2D eigenvalue weighted by Crippen LogP contribution is -2.20. The normalized spacial score (nSPS) is 11.7. The van der Waals surface area contributed by atoms with Crippen LogP contribution < -0.4 is 5.32 Å². The van der Waals surface area contributed by atoms with Crippen LogP contribution in [0.15, 0.2) is 122 Å². The van der Waals surface area contributed by atoms with Crippen molar-refractivity contribution < 1.29 is 0 Å². The fourth-order valence-corrected chi connectivity index (χ4v) is 5.52. The van der Waals surface area contributed by atoms with Crippen LogP contribution in [-0.2, 0) is 6.42 Å². The van der Waals surface area contributed by atoms with Crippen LogP contribution in [0.3, 0.4) is 0 Å². The van der Waals surface area contributed by atoms with E-state index in [0.29, 0.717) is 5.92 Å². The summed E-state index contributed by atoms with van der Waals surface area (Å²) in [6.45, 7) is 44.4. The van der Waals surface area contributed by atoms with Gasteiger partial charge in [-0.1, -0.05) is 177 Å².